The minimum atomic E-state index is -1.70. The maximum absolute atomic E-state index is 11.7. The number of alkyl halides is 1. The minimum absolute atomic E-state index is 0.846. The molecule has 0 aromatic heterocycles. The first-order chi connectivity index (χ1) is 3.98. The average molecular weight is 135 g/mol. The van der Waals surface area contributed by atoms with Gasteiger partial charge in [-0.2, -0.15) is 9.90 Å². The monoisotopic (exact) mass is 135 g/mol. The molecule has 1 radical (unpaired) electrons. The van der Waals surface area contributed by atoms with Crippen LogP contribution in [0.4, 0.5) is 9.18 Å². The SMILES string of the molecule is CC(C)(CF)OC([O])=O. The van der Waals surface area contributed by atoms with Crippen molar-refractivity contribution >= 4 is 6.16 Å². The van der Waals surface area contributed by atoms with Crippen LogP contribution < -0.4 is 0 Å². The smallest absolute Gasteiger partial charge is 0.423 e. The molecule has 0 aromatic carbocycles. The van der Waals surface area contributed by atoms with Crippen molar-refractivity contribution in [3.63, 3.8) is 0 Å². The van der Waals surface area contributed by atoms with Crippen molar-refractivity contribution in [2.24, 2.45) is 0 Å². The summed E-state index contributed by atoms with van der Waals surface area (Å²) in [4.78, 5) is 9.67. The zero-order chi connectivity index (χ0) is 7.49. The molecule has 0 saturated heterocycles. The fourth-order valence-electron chi connectivity index (χ4n) is 0.253. The van der Waals surface area contributed by atoms with Crippen LogP contribution >= 0.6 is 0 Å². The van der Waals surface area contributed by atoms with Crippen molar-refractivity contribution in [3.05, 3.63) is 0 Å². The maximum Gasteiger partial charge on any atom is 0.550 e. The van der Waals surface area contributed by atoms with E-state index in [0.29, 0.717) is 0 Å². The van der Waals surface area contributed by atoms with Crippen LogP contribution in [-0.2, 0) is 9.84 Å². The normalized spacial score (nSPS) is 11.0. The highest BCUT2D eigenvalue weighted by atomic mass is 19.1. The summed E-state index contributed by atoms with van der Waals surface area (Å²) in [6.07, 6.45) is -1.70. The number of halogens is 1. The van der Waals surface area contributed by atoms with E-state index in [0.717, 1.165) is 0 Å². The Morgan fingerprint density at radius 2 is 2.11 bits per heavy atom. The molecular weight excluding hydrogens is 127 g/mol. The Hall–Kier alpha value is -0.800. The van der Waals surface area contributed by atoms with Gasteiger partial charge in [0.05, 0.1) is 0 Å². The first-order valence-electron chi connectivity index (χ1n) is 2.44. The Bertz CT molecular complexity index is 111. The summed E-state index contributed by atoms with van der Waals surface area (Å²) in [5.41, 5.74) is -1.27. The predicted molar refractivity (Wildman–Crippen MR) is 27.2 cm³/mol. The van der Waals surface area contributed by atoms with Gasteiger partial charge in [-0.05, 0) is 13.8 Å². The Kier molecular flexibility index (Phi) is 2.42. The van der Waals surface area contributed by atoms with Crippen molar-refractivity contribution in [2.75, 3.05) is 6.67 Å². The van der Waals surface area contributed by atoms with Gasteiger partial charge in [0.2, 0.25) is 0 Å². The molecule has 0 aromatic rings. The molecule has 0 N–H and O–H groups in total. The molecular formula is C5H8FO3. The first-order valence-corrected chi connectivity index (χ1v) is 2.44. The summed E-state index contributed by atoms with van der Waals surface area (Å²) in [5, 5.41) is 9.67. The van der Waals surface area contributed by atoms with Crippen LogP contribution in [0.5, 0.6) is 0 Å². The molecule has 0 amide bonds. The van der Waals surface area contributed by atoms with E-state index in [2.05, 4.69) is 4.74 Å². The fraction of sp³-hybridized carbons (Fsp3) is 0.800. The molecule has 0 heterocycles. The third-order valence-electron chi connectivity index (χ3n) is 0.681. The second-order valence-corrected chi connectivity index (χ2v) is 2.25. The van der Waals surface area contributed by atoms with Gasteiger partial charge in [-0.1, -0.05) is 0 Å². The van der Waals surface area contributed by atoms with Crippen LogP contribution in [0.25, 0.3) is 0 Å². The topological polar surface area (TPSA) is 46.2 Å². The van der Waals surface area contributed by atoms with E-state index >= 15 is 0 Å². The van der Waals surface area contributed by atoms with Crippen molar-refractivity contribution in [1.29, 1.82) is 0 Å². The van der Waals surface area contributed by atoms with Crippen LogP contribution in [0.15, 0.2) is 0 Å². The lowest BCUT2D eigenvalue weighted by atomic mass is 10.2. The van der Waals surface area contributed by atoms with Crippen molar-refractivity contribution < 1.29 is 19.0 Å². The fourth-order valence-corrected chi connectivity index (χ4v) is 0.253. The minimum Gasteiger partial charge on any atom is -0.423 e. The summed E-state index contributed by atoms with van der Waals surface area (Å²) in [6, 6.07) is 0. The molecule has 0 aliphatic carbocycles. The first kappa shape index (κ1) is 8.20. The van der Waals surface area contributed by atoms with Gasteiger partial charge in [0, 0.05) is 0 Å². The van der Waals surface area contributed by atoms with Crippen LogP contribution in [0.2, 0.25) is 0 Å². The van der Waals surface area contributed by atoms with Crippen LogP contribution in [-0.4, -0.2) is 18.4 Å². The second-order valence-electron chi connectivity index (χ2n) is 2.25. The lowest BCUT2D eigenvalue weighted by Crippen LogP contribution is -2.28. The van der Waals surface area contributed by atoms with E-state index in [-0.39, 0.29) is 0 Å². The number of rotatable bonds is 2. The molecule has 0 rings (SSSR count). The van der Waals surface area contributed by atoms with Gasteiger partial charge in [0.1, 0.15) is 12.3 Å². The summed E-state index contributed by atoms with van der Waals surface area (Å²) in [6.45, 7) is 1.80. The molecule has 9 heavy (non-hydrogen) atoms. The largest absolute Gasteiger partial charge is 0.550 e. The van der Waals surface area contributed by atoms with Crippen LogP contribution in [0, 0.1) is 0 Å². The van der Waals surface area contributed by atoms with Gasteiger partial charge < -0.3 is 4.74 Å². The standard InChI is InChI=1S/C5H8FO3/c1-5(2,3-6)9-4(7)8/h3H2,1-2H3. The summed E-state index contributed by atoms with van der Waals surface area (Å²) in [5.74, 6) is 0. The predicted octanol–water partition coefficient (Wildman–Crippen LogP) is 1.30. The third kappa shape index (κ3) is 3.76. The molecule has 0 aliphatic rings. The molecule has 0 aliphatic heterocycles. The lowest BCUT2D eigenvalue weighted by molar-refractivity contribution is -0.0230. The van der Waals surface area contributed by atoms with Crippen LogP contribution in [0.3, 0.4) is 0 Å². The number of hydrogen-bond donors (Lipinski definition) is 0. The van der Waals surface area contributed by atoms with E-state index in [1.54, 1.807) is 0 Å². The van der Waals surface area contributed by atoms with Crippen LogP contribution in [0.1, 0.15) is 13.8 Å². The Labute approximate surface area is 52.4 Å². The van der Waals surface area contributed by atoms with Gasteiger partial charge in [0.15, 0.2) is 0 Å². The molecule has 0 unspecified atom stereocenters. The summed E-state index contributed by atoms with van der Waals surface area (Å²) >= 11 is 0. The maximum atomic E-state index is 11.7. The van der Waals surface area contributed by atoms with Crippen molar-refractivity contribution in [3.8, 4) is 0 Å². The Morgan fingerprint density at radius 1 is 1.67 bits per heavy atom. The molecule has 0 atom stereocenters. The molecule has 4 heteroatoms. The van der Waals surface area contributed by atoms with Gasteiger partial charge in [-0.15, -0.1) is 0 Å². The van der Waals surface area contributed by atoms with E-state index in [4.69, 9.17) is 0 Å². The number of carbonyl (C=O) groups is 1. The molecule has 0 fully saturated rings. The lowest BCUT2D eigenvalue weighted by Gasteiger charge is -2.17. The average Bonchev–Trinajstić information content (AvgIpc) is 1.63. The second kappa shape index (κ2) is 2.66. The number of ether oxygens (including phenoxy) is 1. The zero-order valence-electron chi connectivity index (χ0n) is 5.31. The van der Waals surface area contributed by atoms with E-state index < -0.39 is 18.4 Å². The van der Waals surface area contributed by atoms with Gasteiger partial charge in [-0.3, -0.25) is 0 Å². The van der Waals surface area contributed by atoms with E-state index in [1.807, 2.05) is 0 Å². The highest BCUT2D eigenvalue weighted by Gasteiger charge is 2.22. The summed E-state index contributed by atoms with van der Waals surface area (Å²) in [7, 11) is 0. The molecule has 3 nitrogen and oxygen atoms in total. The molecule has 53 valence electrons. The highest BCUT2D eigenvalue weighted by Crippen LogP contribution is 2.08. The Balaban J connectivity index is 3.71. The molecule has 0 bridgehead atoms. The zero-order valence-corrected chi connectivity index (χ0v) is 5.31. The third-order valence-corrected chi connectivity index (χ3v) is 0.681. The van der Waals surface area contributed by atoms with E-state index in [9.17, 15) is 14.3 Å². The summed E-state index contributed by atoms with van der Waals surface area (Å²) < 4.78 is 15.7. The van der Waals surface area contributed by atoms with Crippen molar-refractivity contribution in [1.82, 2.24) is 0 Å². The van der Waals surface area contributed by atoms with Gasteiger partial charge >= 0.3 is 6.16 Å². The number of hydrogen-bond acceptors (Lipinski definition) is 2. The highest BCUT2D eigenvalue weighted by molar-refractivity contribution is 5.56. The van der Waals surface area contributed by atoms with Gasteiger partial charge in [-0.25, -0.2) is 4.39 Å². The molecule has 0 saturated carbocycles. The van der Waals surface area contributed by atoms with Gasteiger partial charge in [0.25, 0.3) is 0 Å². The number of carbonyl (C=O) groups excluding carboxylic acids is 1. The quantitative estimate of drug-likeness (QED) is 0.536. The Morgan fingerprint density at radius 3 is 2.22 bits per heavy atom. The molecule has 0 spiro atoms. The van der Waals surface area contributed by atoms with Crippen molar-refractivity contribution in [2.45, 2.75) is 19.4 Å². The van der Waals surface area contributed by atoms with E-state index in [1.165, 1.54) is 13.8 Å².